The highest BCUT2D eigenvalue weighted by atomic mass is 32.1. The second-order valence-electron chi connectivity index (χ2n) is 4.64. The number of para-hydroxylation sites is 1. The number of nitrogens with two attached hydrogens (primary N) is 1. The zero-order chi connectivity index (χ0) is 16.8. The van der Waals surface area contributed by atoms with E-state index in [9.17, 15) is 9.59 Å². The Balaban J connectivity index is 2.00. The second kappa shape index (κ2) is 7.70. The summed E-state index contributed by atoms with van der Waals surface area (Å²) in [5, 5.41) is 4.40. The molecule has 0 aliphatic heterocycles. The summed E-state index contributed by atoms with van der Waals surface area (Å²) in [6.45, 7) is 0. The number of benzene rings is 1. The van der Waals surface area contributed by atoms with Crippen molar-refractivity contribution in [2.24, 2.45) is 5.73 Å². The zero-order valence-corrected chi connectivity index (χ0v) is 13.6. The number of ether oxygens (including phenoxy) is 2. The molecule has 0 saturated carbocycles. The second-order valence-corrected chi connectivity index (χ2v) is 5.50. The Morgan fingerprint density at radius 2 is 2.09 bits per heavy atom. The minimum absolute atomic E-state index is 0.145. The minimum atomic E-state index is -0.767. The quantitative estimate of drug-likeness (QED) is 0.774. The molecular formula is C15H17N3O4S. The van der Waals surface area contributed by atoms with Crippen molar-refractivity contribution in [3.05, 3.63) is 40.9 Å². The van der Waals surface area contributed by atoms with Gasteiger partial charge in [-0.3, -0.25) is 4.79 Å². The summed E-state index contributed by atoms with van der Waals surface area (Å²) >= 11 is 1.13. The third kappa shape index (κ3) is 4.27. The molecule has 0 bridgehead atoms. The molecule has 1 aromatic carbocycles. The lowest BCUT2D eigenvalue weighted by atomic mass is 10.1. The smallest absolute Gasteiger partial charge is 0.357 e. The fourth-order valence-corrected chi connectivity index (χ4v) is 2.61. The molecule has 3 N–H and O–H groups in total. The molecule has 0 aliphatic rings. The van der Waals surface area contributed by atoms with Crippen LogP contribution in [0.2, 0.25) is 0 Å². The molecule has 1 amide bonds. The van der Waals surface area contributed by atoms with E-state index in [4.69, 9.17) is 10.5 Å². The van der Waals surface area contributed by atoms with Gasteiger partial charge in [-0.1, -0.05) is 18.2 Å². The van der Waals surface area contributed by atoms with Gasteiger partial charge in [0.15, 0.2) is 10.8 Å². The van der Waals surface area contributed by atoms with Gasteiger partial charge >= 0.3 is 5.97 Å². The van der Waals surface area contributed by atoms with Crippen LogP contribution >= 0.6 is 11.3 Å². The van der Waals surface area contributed by atoms with Crippen LogP contribution in [0.15, 0.2) is 29.6 Å². The molecule has 0 fully saturated rings. The number of esters is 1. The number of nitrogens with zero attached hydrogens (tertiary/aromatic N) is 1. The minimum Gasteiger partial charge on any atom is -0.496 e. The van der Waals surface area contributed by atoms with Crippen molar-refractivity contribution >= 4 is 28.3 Å². The normalized spacial score (nSPS) is 11.6. The van der Waals surface area contributed by atoms with Gasteiger partial charge in [0.1, 0.15) is 5.75 Å². The summed E-state index contributed by atoms with van der Waals surface area (Å²) in [6, 6.07) is 6.59. The number of methoxy groups -OCH3 is 2. The van der Waals surface area contributed by atoms with Crippen LogP contribution in [0.25, 0.3) is 0 Å². The number of amides is 1. The Morgan fingerprint density at radius 3 is 2.78 bits per heavy atom. The fraction of sp³-hybridized carbons (Fsp3) is 0.267. The SMILES string of the molecule is COC(=O)c1csc(NC(=O)[C@@H](N)Cc2ccccc2OC)n1. The molecule has 1 atom stereocenters. The number of carbonyl (C=O) groups is 2. The van der Waals surface area contributed by atoms with E-state index in [1.807, 2.05) is 24.3 Å². The first-order chi connectivity index (χ1) is 11.0. The molecule has 8 heteroatoms. The maximum absolute atomic E-state index is 12.1. The molecule has 2 aromatic rings. The zero-order valence-electron chi connectivity index (χ0n) is 12.7. The third-order valence-corrected chi connectivity index (χ3v) is 3.86. The van der Waals surface area contributed by atoms with Gasteiger partial charge in [0.25, 0.3) is 0 Å². The first-order valence-electron chi connectivity index (χ1n) is 6.77. The molecule has 0 saturated heterocycles. The Bertz CT molecular complexity index is 702. The summed E-state index contributed by atoms with van der Waals surface area (Å²) in [4.78, 5) is 27.4. The number of thiazole rings is 1. The van der Waals surface area contributed by atoms with Crippen LogP contribution < -0.4 is 15.8 Å². The van der Waals surface area contributed by atoms with Gasteiger partial charge in [0, 0.05) is 11.8 Å². The summed E-state index contributed by atoms with van der Waals surface area (Å²) in [6.07, 6.45) is 0.324. The molecule has 7 nitrogen and oxygen atoms in total. The third-order valence-electron chi connectivity index (χ3n) is 3.10. The molecule has 0 aliphatic carbocycles. The number of hydrogen-bond donors (Lipinski definition) is 2. The van der Waals surface area contributed by atoms with E-state index in [1.165, 1.54) is 12.5 Å². The van der Waals surface area contributed by atoms with E-state index in [-0.39, 0.29) is 11.6 Å². The first-order valence-corrected chi connectivity index (χ1v) is 7.65. The number of rotatable bonds is 6. The van der Waals surface area contributed by atoms with Gasteiger partial charge in [-0.15, -0.1) is 11.3 Å². The fourth-order valence-electron chi connectivity index (χ4n) is 1.93. The van der Waals surface area contributed by atoms with Crippen LogP contribution in [0.4, 0.5) is 5.13 Å². The monoisotopic (exact) mass is 335 g/mol. The molecule has 1 aromatic heterocycles. The molecule has 0 radical (unpaired) electrons. The average molecular weight is 335 g/mol. The topological polar surface area (TPSA) is 104 Å². The summed E-state index contributed by atoms with van der Waals surface area (Å²) < 4.78 is 9.80. The van der Waals surface area contributed by atoms with Gasteiger partial charge in [-0.25, -0.2) is 9.78 Å². The molecule has 0 unspecified atom stereocenters. The number of aromatic nitrogens is 1. The predicted molar refractivity (Wildman–Crippen MR) is 86.8 cm³/mol. The van der Waals surface area contributed by atoms with Crippen LogP contribution in [0.3, 0.4) is 0 Å². The van der Waals surface area contributed by atoms with E-state index in [1.54, 1.807) is 7.11 Å². The number of anilines is 1. The van der Waals surface area contributed by atoms with Crippen molar-refractivity contribution in [1.82, 2.24) is 4.98 Å². The lowest BCUT2D eigenvalue weighted by Crippen LogP contribution is -2.37. The van der Waals surface area contributed by atoms with Crippen molar-refractivity contribution in [3.63, 3.8) is 0 Å². The van der Waals surface area contributed by atoms with Crippen molar-refractivity contribution in [1.29, 1.82) is 0 Å². The maximum atomic E-state index is 12.1. The van der Waals surface area contributed by atoms with Crippen LogP contribution in [-0.2, 0) is 16.0 Å². The average Bonchev–Trinajstić information content (AvgIpc) is 3.03. The van der Waals surface area contributed by atoms with E-state index in [0.717, 1.165) is 16.9 Å². The van der Waals surface area contributed by atoms with Gasteiger partial charge < -0.3 is 20.5 Å². The lowest BCUT2D eigenvalue weighted by molar-refractivity contribution is -0.117. The number of carbonyl (C=O) groups excluding carboxylic acids is 2. The highest BCUT2D eigenvalue weighted by Crippen LogP contribution is 2.20. The van der Waals surface area contributed by atoms with Crippen molar-refractivity contribution in [3.8, 4) is 5.75 Å². The number of hydrogen-bond acceptors (Lipinski definition) is 7. The summed E-state index contributed by atoms with van der Waals surface area (Å²) in [5.74, 6) is -0.264. The van der Waals surface area contributed by atoms with Crippen molar-refractivity contribution in [2.45, 2.75) is 12.5 Å². The van der Waals surface area contributed by atoms with Crippen molar-refractivity contribution < 1.29 is 19.1 Å². The highest BCUT2D eigenvalue weighted by molar-refractivity contribution is 7.14. The Labute approximate surface area is 137 Å². The van der Waals surface area contributed by atoms with Gasteiger partial charge in [0.05, 0.1) is 20.3 Å². The van der Waals surface area contributed by atoms with E-state index in [2.05, 4.69) is 15.0 Å². The predicted octanol–water partition coefficient (Wildman–Crippen LogP) is 1.45. The standard InChI is InChI=1S/C15H17N3O4S/c1-21-12-6-4-3-5-9(12)7-10(16)13(19)18-15-17-11(8-23-15)14(20)22-2/h3-6,8,10H,7,16H2,1-2H3,(H,17,18,19)/t10-/m0/s1. The van der Waals surface area contributed by atoms with Crippen LogP contribution in [0.5, 0.6) is 5.75 Å². The largest absolute Gasteiger partial charge is 0.496 e. The highest BCUT2D eigenvalue weighted by Gasteiger charge is 2.18. The first kappa shape index (κ1) is 16.9. The van der Waals surface area contributed by atoms with Crippen LogP contribution in [-0.4, -0.2) is 37.1 Å². The van der Waals surface area contributed by atoms with Gasteiger partial charge in [-0.05, 0) is 11.6 Å². The van der Waals surface area contributed by atoms with E-state index in [0.29, 0.717) is 17.3 Å². The van der Waals surface area contributed by atoms with Gasteiger partial charge in [0.2, 0.25) is 5.91 Å². The summed E-state index contributed by atoms with van der Waals surface area (Å²) in [7, 11) is 2.83. The molecule has 1 heterocycles. The summed E-state index contributed by atoms with van der Waals surface area (Å²) in [5.41, 5.74) is 6.92. The van der Waals surface area contributed by atoms with Crippen LogP contribution in [0.1, 0.15) is 16.1 Å². The van der Waals surface area contributed by atoms with Crippen LogP contribution in [0, 0.1) is 0 Å². The molecular weight excluding hydrogens is 318 g/mol. The number of nitrogens with one attached hydrogen (secondary N) is 1. The van der Waals surface area contributed by atoms with E-state index >= 15 is 0 Å². The Kier molecular flexibility index (Phi) is 5.67. The molecule has 0 spiro atoms. The molecule has 2 rings (SSSR count). The van der Waals surface area contributed by atoms with Gasteiger partial charge in [-0.2, -0.15) is 0 Å². The van der Waals surface area contributed by atoms with E-state index < -0.39 is 12.0 Å². The Hall–Kier alpha value is -2.45. The van der Waals surface area contributed by atoms with Crippen molar-refractivity contribution in [2.75, 3.05) is 19.5 Å². The molecule has 122 valence electrons. The lowest BCUT2D eigenvalue weighted by Gasteiger charge is -2.13. The maximum Gasteiger partial charge on any atom is 0.357 e. The molecule has 23 heavy (non-hydrogen) atoms. The Morgan fingerprint density at radius 1 is 1.35 bits per heavy atom.